The maximum absolute atomic E-state index is 12.1. The van der Waals surface area contributed by atoms with E-state index in [0.717, 1.165) is 19.3 Å². The molecule has 0 unspecified atom stereocenters. The van der Waals surface area contributed by atoms with Crippen LogP contribution in [0.5, 0.6) is 0 Å². The normalized spacial score (nSPS) is 37.1. The van der Waals surface area contributed by atoms with Gasteiger partial charge >= 0.3 is 5.97 Å². The van der Waals surface area contributed by atoms with Crippen molar-refractivity contribution in [1.82, 2.24) is 0 Å². The van der Waals surface area contributed by atoms with Gasteiger partial charge in [0.2, 0.25) is 0 Å². The van der Waals surface area contributed by atoms with Crippen LogP contribution in [0.15, 0.2) is 0 Å². The van der Waals surface area contributed by atoms with Crippen molar-refractivity contribution in [1.29, 1.82) is 0 Å². The first-order valence-corrected chi connectivity index (χ1v) is 13.0. The monoisotopic (exact) mass is 524 g/mol. The minimum atomic E-state index is -1.76. The van der Waals surface area contributed by atoms with Gasteiger partial charge in [0, 0.05) is 6.42 Å². The van der Waals surface area contributed by atoms with Crippen molar-refractivity contribution in [3.8, 4) is 0 Å². The van der Waals surface area contributed by atoms with E-state index in [1.807, 2.05) is 0 Å². The fraction of sp³-hybridized carbons (Fsp3) is 0.958. The largest absolute Gasteiger partial charge is 0.463 e. The van der Waals surface area contributed by atoms with Gasteiger partial charge in [0.1, 0.15) is 55.4 Å². The third-order valence-electron chi connectivity index (χ3n) is 6.68. The van der Waals surface area contributed by atoms with E-state index in [1.165, 1.54) is 32.1 Å². The summed E-state index contributed by atoms with van der Waals surface area (Å²) >= 11 is 0. The third kappa shape index (κ3) is 9.12. The molecule has 36 heavy (non-hydrogen) atoms. The number of ether oxygens (including phenoxy) is 4. The molecule has 10 atom stereocenters. The molecule has 2 fully saturated rings. The quantitative estimate of drug-likeness (QED) is 0.103. The first-order valence-electron chi connectivity index (χ1n) is 13.0. The second-order valence-electron chi connectivity index (χ2n) is 9.61. The number of aliphatic hydroxyl groups is 7. The van der Waals surface area contributed by atoms with Gasteiger partial charge in [-0.2, -0.15) is 0 Å². The zero-order valence-electron chi connectivity index (χ0n) is 20.9. The lowest BCUT2D eigenvalue weighted by Crippen LogP contribution is -2.63. The summed E-state index contributed by atoms with van der Waals surface area (Å²) in [6.07, 6.45) is -5.76. The number of hydrogen-bond donors (Lipinski definition) is 7. The van der Waals surface area contributed by atoms with Crippen LogP contribution in [0.3, 0.4) is 0 Å². The molecule has 0 aromatic carbocycles. The van der Waals surface area contributed by atoms with Crippen LogP contribution in [0.1, 0.15) is 71.1 Å². The number of esters is 1. The molecule has 2 heterocycles. The first kappa shape index (κ1) is 31.3. The summed E-state index contributed by atoms with van der Waals surface area (Å²) < 4.78 is 21.2. The fourth-order valence-electron chi connectivity index (χ4n) is 4.31. The molecule has 2 aliphatic rings. The molecule has 12 nitrogen and oxygen atoms in total. The average molecular weight is 525 g/mol. The van der Waals surface area contributed by atoms with E-state index in [4.69, 9.17) is 18.9 Å². The highest BCUT2D eigenvalue weighted by Gasteiger charge is 2.49. The Balaban J connectivity index is 1.76. The molecular weight excluding hydrogens is 480 g/mol. The fourth-order valence-corrected chi connectivity index (χ4v) is 4.31. The van der Waals surface area contributed by atoms with Gasteiger partial charge < -0.3 is 54.7 Å². The van der Waals surface area contributed by atoms with Crippen LogP contribution in [-0.2, 0) is 23.7 Å². The molecule has 0 amide bonds. The van der Waals surface area contributed by atoms with Gasteiger partial charge in [-0.05, 0) is 6.42 Å². The minimum absolute atomic E-state index is 0.203. The van der Waals surface area contributed by atoms with E-state index < -0.39 is 80.6 Å². The predicted octanol–water partition coefficient (Wildman–Crippen LogP) is -0.925. The molecule has 212 valence electrons. The SMILES string of the molecule is CCCCCCCCCCCC(=O)OC[C@@H]1O[C@H](O[C@H]2O[C@H](CO)[C@@H](O)[C@H](O)[C@@H]2O)[C@@H](O)[C@H](O)[C@@H]1O. The topological polar surface area (TPSA) is 196 Å². The van der Waals surface area contributed by atoms with Crippen LogP contribution in [0.2, 0.25) is 0 Å². The second kappa shape index (κ2) is 16.1. The van der Waals surface area contributed by atoms with Gasteiger partial charge in [-0.15, -0.1) is 0 Å². The summed E-state index contributed by atoms with van der Waals surface area (Å²) in [6.45, 7) is 1.09. The van der Waals surface area contributed by atoms with Crippen LogP contribution in [-0.4, -0.2) is 116 Å². The third-order valence-corrected chi connectivity index (χ3v) is 6.68. The molecule has 0 aromatic heterocycles. The van der Waals surface area contributed by atoms with E-state index in [-0.39, 0.29) is 6.42 Å². The van der Waals surface area contributed by atoms with Crippen LogP contribution in [0, 0.1) is 0 Å². The van der Waals surface area contributed by atoms with Crippen LogP contribution < -0.4 is 0 Å². The maximum atomic E-state index is 12.1. The smallest absolute Gasteiger partial charge is 0.305 e. The minimum Gasteiger partial charge on any atom is -0.463 e. The maximum Gasteiger partial charge on any atom is 0.305 e. The van der Waals surface area contributed by atoms with Gasteiger partial charge in [0.05, 0.1) is 6.61 Å². The zero-order valence-corrected chi connectivity index (χ0v) is 20.9. The number of aliphatic hydroxyl groups excluding tert-OH is 7. The summed E-state index contributed by atoms with van der Waals surface area (Å²) in [4.78, 5) is 12.1. The van der Waals surface area contributed by atoms with Crippen molar-refractivity contribution in [2.24, 2.45) is 0 Å². The highest BCUT2D eigenvalue weighted by molar-refractivity contribution is 5.69. The Morgan fingerprint density at radius 2 is 1.14 bits per heavy atom. The van der Waals surface area contributed by atoms with E-state index in [1.54, 1.807) is 0 Å². The molecule has 0 aromatic rings. The Hall–Kier alpha value is -0.930. The summed E-state index contributed by atoms with van der Waals surface area (Å²) in [6, 6.07) is 0. The van der Waals surface area contributed by atoms with Crippen LogP contribution in [0.25, 0.3) is 0 Å². The summed E-state index contributed by atoms with van der Waals surface area (Å²) in [5, 5.41) is 69.8. The Bertz CT molecular complexity index is 620. The van der Waals surface area contributed by atoms with Crippen molar-refractivity contribution >= 4 is 5.97 Å². The molecule has 2 aliphatic heterocycles. The van der Waals surface area contributed by atoms with Crippen LogP contribution in [0.4, 0.5) is 0 Å². The number of hydrogen-bond acceptors (Lipinski definition) is 12. The number of rotatable bonds is 15. The summed E-state index contributed by atoms with van der Waals surface area (Å²) in [5.41, 5.74) is 0. The van der Waals surface area contributed by atoms with E-state index in [0.29, 0.717) is 6.42 Å². The number of carbonyl (C=O) groups excluding carboxylic acids is 1. The van der Waals surface area contributed by atoms with Gasteiger partial charge in [-0.3, -0.25) is 4.79 Å². The summed E-state index contributed by atoms with van der Waals surface area (Å²) in [5.74, 6) is -0.485. The Labute approximate surface area is 211 Å². The van der Waals surface area contributed by atoms with E-state index >= 15 is 0 Å². The number of unbranched alkanes of at least 4 members (excludes halogenated alkanes) is 8. The van der Waals surface area contributed by atoms with Crippen molar-refractivity contribution in [3.05, 3.63) is 0 Å². The lowest BCUT2D eigenvalue weighted by atomic mass is 9.98. The lowest BCUT2D eigenvalue weighted by molar-refractivity contribution is -0.376. The highest BCUT2D eigenvalue weighted by Crippen LogP contribution is 2.28. The molecule has 2 rings (SSSR count). The Morgan fingerprint density at radius 1 is 0.667 bits per heavy atom. The van der Waals surface area contributed by atoms with Gasteiger partial charge in [0.15, 0.2) is 12.6 Å². The van der Waals surface area contributed by atoms with E-state index in [9.17, 15) is 40.5 Å². The second-order valence-corrected chi connectivity index (χ2v) is 9.61. The zero-order chi connectivity index (χ0) is 26.7. The van der Waals surface area contributed by atoms with Crippen LogP contribution >= 0.6 is 0 Å². The first-order chi connectivity index (χ1) is 17.2. The van der Waals surface area contributed by atoms with Gasteiger partial charge in [-0.1, -0.05) is 58.3 Å². The molecule has 2 saturated heterocycles. The highest BCUT2D eigenvalue weighted by atomic mass is 16.8. The Morgan fingerprint density at radius 3 is 1.67 bits per heavy atom. The summed E-state index contributed by atoms with van der Waals surface area (Å²) in [7, 11) is 0. The van der Waals surface area contributed by atoms with Crippen molar-refractivity contribution in [2.45, 2.75) is 133 Å². The standard InChI is InChI=1S/C24H44O12/c1-2-3-4-5-6-7-8-9-10-11-16(26)33-13-15-18(28)20(30)22(32)24(35-15)36-23-21(31)19(29)17(27)14(12-25)34-23/h14-15,17-25,27-32H,2-13H2,1H3/t14-,15+,17-,18-,19+,20-,21+,22+,23-,24-/m1/s1. The van der Waals surface area contributed by atoms with E-state index in [2.05, 4.69) is 6.92 Å². The molecule has 12 heteroatoms. The molecule has 0 saturated carbocycles. The van der Waals surface area contributed by atoms with Crippen molar-refractivity contribution < 1.29 is 59.5 Å². The predicted molar refractivity (Wildman–Crippen MR) is 124 cm³/mol. The van der Waals surface area contributed by atoms with Crippen molar-refractivity contribution in [2.75, 3.05) is 13.2 Å². The molecule has 7 N–H and O–H groups in total. The molecular formula is C24H44O12. The average Bonchev–Trinajstić information content (AvgIpc) is 2.87. The molecule has 0 bridgehead atoms. The van der Waals surface area contributed by atoms with Crippen molar-refractivity contribution in [3.63, 3.8) is 0 Å². The van der Waals surface area contributed by atoms with Gasteiger partial charge in [-0.25, -0.2) is 0 Å². The molecule has 0 aliphatic carbocycles. The lowest BCUT2D eigenvalue weighted by Gasteiger charge is -2.44. The Kier molecular flexibility index (Phi) is 14.0. The molecule has 0 spiro atoms. The van der Waals surface area contributed by atoms with Gasteiger partial charge in [0.25, 0.3) is 0 Å². The number of carbonyl (C=O) groups is 1. The molecule has 0 radical (unpaired) electrons.